The van der Waals surface area contributed by atoms with Crippen LogP contribution in [-0.2, 0) is 19.6 Å². The number of hydrogen-bond acceptors (Lipinski definition) is 5. The number of imide groups is 1. The number of nitrogens with one attached hydrogen (secondary N) is 2. The van der Waals surface area contributed by atoms with Crippen molar-refractivity contribution in [1.29, 1.82) is 0 Å². The molecular formula is C17H28N4O5S. The molecule has 2 N–H and O–H groups in total. The molecule has 0 aromatic carbocycles. The smallest absolute Gasteiger partial charge is 0.325 e. The number of rotatable bonds is 5. The van der Waals surface area contributed by atoms with Crippen molar-refractivity contribution in [2.45, 2.75) is 50.5 Å². The molecule has 0 aromatic heterocycles. The molecule has 10 heteroatoms. The molecular weight excluding hydrogens is 372 g/mol. The summed E-state index contributed by atoms with van der Waals surface area (Å²) in [6, 6.07) is -0.487. The molecule has 3 aliphatic rings. The van der Waals surface area contributed by atoms with Crippen LogP contribution in [0.5, 0.6) is 0 Å². The SMILES string of the molecule is CS(=O)(=O)N1CCC(CNC(=O)CN2C(=O)NC3(CCCCC3)C2=O)CC1. The highest BCUT2D eigenvalue weighted by atomic mass is 32.2. The summed E-state index contributed by atoms with van der Waals surface area (Å²) in [6.45, 7) is 1.06. The van der Waals surface area contributed by atoms with Gasteiger partial charge in [-0.05, 0) is 31.6 Å². The molecule has 1 saturated carbocycles. The van der Waals surface area contributed by atoms with Crippen molar-refractivity contribution >= 4 is 27.9 Å². The minimum absolute atomic E-state index is 0.194. The number of hydrogen-bond donors (Lipinski definition) is 2. The van der Waals surface area contributed by atoms with Crippen LogP contribution < -0.4 is 10.6 Å². The Bertz CT molecular complexity index is 709. The van der Waals surface area contributed by atoms with Crippen LogP contribution in [0.2, 0.25) is 0 Å². The first-order valence-corrected chi connectivity index (χ1v) is 11.4. The maximum absolute atomic E-state index is 12.7. The van der Waals surface area contributed by atoms with E-state index in [2.05, 4.69) is 10.6 Å². The third-order valence-corrected chi connectivity index (χ3v) is 7.19. The zero-order valence-electron chi connectivity index (χ0n) is 15.7. The van der Waals surface area contributed by atoms with Gasteiger partial charge in [0.25, 0.3) is 5.91 Å². The summed E-state index contributed by atoms with van der Waals surface area (Å²) < 4.78 is 24.5. The first-order valence-electron chi connectivity index (χ1n) is 9.57. The van der Waals surface area contributed by atoms with Crippen LogP contribution in [-0.4, -0.2) is 73.4 Å². The van der Waals surface area contributed by atoms with Crippen molar-refractivity contribution in [3.05, 3.63) is 0 Å². The van der Waals surface area contributed by atoms with Gasteiger partial charge in [0.05, 0.1) is 6.26 Å². The Balaban J connectivity index is 1.46. The van der Waals surface area contributed by atoms with Crippen LogP contribution in [0.4, 0.5) is 4.79 Å². The fraction of sp³-hybridized carbons (Fsp3) is 0.824. The lowest BCUT2D eigenvalue weighted by Gasteiger charge is -2.30. The maximum Gasteiger partial charge on any atom is 0.325 e. The van der Waals surface area contributed by atoms with Crippen LogP contribution in [0.1, 0.15) is 44.9 Å². The second-order valence-electron chi connectivity index (χ2n) is 7.87. The molecule has 3 fully saturated rings. The zero-order valence-corrected chi connectivity index (χ0v) is 16.5. The van der Waals surface area contributed by atoms with E-state index in [1.54, 1.807) is 0 Å². The minimum Gasteiger partial charge on any atom is -0.354 e. The third-order valence-electron chi connectivity index (χ3n) is 5.89. The van der Waals surface area contributed by atoms with Crippen LogP contribution >= 0.6 is 0 Å². The standard InChI is InChI=1S/C17H28N4O5S/c1-27(25,26)20-9-5-13(6-10-20)11-18-14(22)12-21-15(23)17(19-16(21)24)7-3-2-4-8-17/h13H,2-12H2,1H3,(H,18,22)(H,19,24). The second-order valence-corrected chi connectivity index (χ2v) is 9.86. The molecule has 0 aromatic rings. The molecule has 0 unspecified atom stereocenters. The quantitative estimate of drug-likeness (QED) is 0.632. The third kappa shape index (κ3) is 4.43. The fourth-order valence-corrected chi connectivity index (χ4v) is 5.09. The average Bonchev–Trinajstić information content (AvgIpc) is 2.84. The molecule has 1 spiro atoms. The van der Waals surface area contributed by atoms with Crippen molar-refractivity contribution in [1.82, 2.24) is 19.8 Å². The summed E-state index contributed by atoms with van der Waals surface area (Å²) in [5, 5.41) is 5.58. The first kappa shape index (κ1) is 20.1. The number of nitrogens with zero attached hydrogens (tertiary/aromatic N) is 2. The lowest BCUT2D eigenvalue weighted by atomic mass is 9.82. The van der Waals surface area contributed by atoms with Gasteiger partial charge in [-0.2, -0.15) is 0 Å². The Hall–Kier alpha value is -1.68. The molecule has 2 aliphatic heterocycles. The molecule has 1 aliphatic carbocycles. The number of piperidine rings is 1. The molecule has 0 radical (unpaired) electrons. The molecule has 27 heavy (non-hydrogen) atoms. The van der Waals surface area contributed by atoms with Crippen LogP contribution in [0.3, 0.4) is 0 Å². The van der Waals surface area contributed by atoms with Gasteiger partial charge in [0.15, 0.2) is 0 Å². The summed E-state index contributed by atoms with van der Waals surface area (Å²) in [6.07, 6.45) is 6.69. The summed E-state index contributed by atoms with van der Waals surface area (Å²) >= 11 is 0. The number of urea groups is 1. The van der Waals surface area contributed by atoms with Gasteiger partial charge in [-0.3, -0.25) is 14.5 Å². The number of amides is 4. The molecule has 152 valence electrons. The van der Waals surface area contributed by atoms with Gasteiger partial charge in [0.1, 0.15) is 12.1 Å². The number of carbonyl (C=O) groups is 3. The molecule has 9 nitrogen and oxygen atoms in total. The molecule has 4 amide bonds. The van der Waals surface area contributed by atoms with Gasteiger partial charge in [-0.1, -0.05) is 19.3 Å². The Morgan fingerprint density at radius 1 is 1.19 bits per heavy atom. The first-order chi connectivity index (χ1) is 12.7. The van der Waals surface area contributed by atoms with E-state index in [0.717, 1.165) is 24.2 Å². The summed E-state index contributed by atoms with van der Waals surface area (Å²) in [5.41, 5.74) is -0.811. The van der Waals surface area contributed by atoms with Crippen molar-refractivity contribution in [2.75, 3.05) is 32.4 Å². The average molecular weight is 401 g/mol. The second kappa shape index (κ2) is 7.75. The van der Waals surface area contributed by atoms with Crippen LogP contribution in [0, 0.1) is 5.92 Å². The number of carbonyl (C=O) groups excluding carboxylic acids is 3. The summed E-state index contributed by atoms with van der Waals surface area (Å²) in [5.74, 6) is -0.458. The summed E-state index contributed by atoms with van der Waals surface area (Å²) in [7, 11) is -3.16. The maximum atomic E-state index is 12.7. The predicted molar refractivity (Wildman–Crippen MR) is 98.2 cm³/mol. The minimum atomic E-state index is -3.16. The van der Waals surface area contributed by atoms with Crippen molar-refractivity contribution in [2.24, 2.45) is 5.92 Å². The van der Waals surface area contributed by atoms with E-state index in [4.69, 9.17) is 0 Å². The normalized spacial score (nSPS) is 24.3. The Labute approximate surface area is 159 Å². The van der Waals surface area contributed by atoms with E-state index in [-0.39, 0.29) is 24.3 Å². The van der Waals surface area contributed by atoms with Crippen molar-refractivity contribution in [3.63, 3.8) is 0 Å². The van der Waals surface area contributed by atoms with Crippen LogP contribution in [0.25, 0.3) is 0 Å². The molecule has 3 rings (SSSR count). The van der Waals surface area contributed by atoms with E-state index in [1.165, 1.54) is 10.6 Å². The van der Waals surface area contributed by atoms with E-state index in [9.17, 15) is 22.8 Å². The van der Waals surface area contributed by atoms with Gasteiger partial charge in [0, 0.05) is 19.6 Å². The Kier molecular flexibility index (Phi) is 5.76. The largest absolute Gasteiger partial charge is 0.354 e. The molecule has 0 atom stereocenters. The highest BCUT2D eigenvalue weighted by Crippen LogP contribution is 2.33. The van der Waals surface area contributed by atoms with E-state index < -0.39 is 21.6 Å². The Morgan fingerprint density at radius 2 is 1.81 bits per heavy atom. The fourth-order valence-electron chi connectivity index (χ4n) is 4.22. The van der Waals surface area contributed by atoms with Crippen molar-refractivity contribution in [3.8, 4) is 0 Å². The highest BCUT2D eigenvalue weighted by molar-refractivity contribution is 7.88. The number of sulfonamides is 1. The predicted octanol–water partition coefficient (Wildman–Crippen LogP) is 0.0289. The Morgan fingerprint density at radius 3 is 2.41 bits per heavy atom. The zero-order chi connectivity index (χ0) is 19.7. The van der Waals surface area contributed by atoms with Gasteiger partial charge in [-0.25, -0.2) is 17.5 Å². The summed E-state index contributed by atoms with van der Waals surface area (Å²) in [4.78, 5) is 38.1. The molecule has 2 heterocycles. The monoisotopic (exact) mass is 400 g/mol. The van der Waals surface area contributed by atoms with Gasteiger partial charge >= 0.3 is 6.03 Å². The van der Waals surface area contributed by atoms with Crippen LogP contribution in [0.15, 0.2) is 0 Å². The molecule has 0 bridgehead atoms. The van der Waals surface area contributed by atoms with Gasteiger partial charge in [0.2, 0.25) is 15.9 Å². The molecule has 2 saturated heterocycles. The highest BCUT2D eigenvalue weighted by Gasteiger charge is 2.51. The van der Waals surface area contributed by atoms with E-state index >= 15 is 0 Å². The van der Waals surface area contributed by atoms with Gasteiger partial charge < -0.3 is 10.6 Å². The van der Waals surface area contributed by atoms with E-state index in [0.29, 0.717) is 45.3 Å². The topological polar surface area (TPSA) is 116 Å². The van der Waals surface area contributed by atoms with E-state index in [1.807, 2.05) is 0 Å². The van der Waals surface area contributed by atoms with Gasteiger partial charge in [-0.15, -0.1) is 0 Å². The van der Waals surface area contributed by atoms with Crippen molar-refractivity contribution < 1.29 is 22.8 Å². The lowest BCUT2D eigenvalue weighted by Crippen LogP contribution is -2.49. The lowest BCUT2D eigenvalue weighted by molar-refractivity contribution is -0.135.